The number of benzene rings is 2. The van der Waals surface area contributed by atoms with Crippen LogP contribution >= 0.6 is 0 Å². The molecule has 2 aliphatic heterocycles. The lowest BCUT2D eigenvalue weighted by Gasteiger charge is -2.26. The molecule has 6 heteroatoms. The Morgan fingerprint density at radius 1 is 0.964 bits per heavy atom. The standard InChI is InChI=1S/C22H22N2O4/c1-2-16-12-23(22(27)28-14-15-8-4-3-5-9-15)13-19(16)24-20(25)17-10-6-7-11-18(17)21(24)26/h3-11,16,19H,2,12-14H2,1H3/t16-,19+/m0/s1. The van der Waals surface area contributed by atoms with Gasteiger partial charge in [-0.15, -0.1) is 0 Å². The Bertz CT molecular complexity index is 877. The van der Waals surface area contributed by atoms with Gasteiger partial charge in [-0.1, -0.05) is 49.4 Å². The van der Waals surface area contributed by atoms with Gasteiger partial charge in [0.2, 0.25) is 0 Å². The van der Waals surface area contributed by atoms with Crippen LogP contribution in [0.5, 0.6) is 0 Å². The lowest BCUT2D eigenvalue weighted by atomic mass is 9.99. The fourth-order valence-corrected chi connectivity index (χ4v) is 4.02. The molecule has 2 aliphatic rings. The first kappa shape index (κ1) is 18.2. The molecule has 3 amide bonds. The summed E-state index contributed by atoms with van der Waals surface area (Å²) in [5, 5.41) is 0. The molecule has 2 aromatic rings. The Labute approximate surface area is 163 Å². The number of fused-ring (bicyclic) bond motifs is 1. The van der Waals surface area contributed by atoms with Gasteiger partial charge in [-0.2, -0.15) is 0 Å². The summed E-state index contributed by atoms with van der Waals surface area (Å²) in [5.74, 6) is -0.515. The van der Waals surface area contributed by atoms with Gasteiger partial charge in [0.1, 0.15) is 6.61 Å². The first-order valence-corrected chi connectivity index (χ1v) is 9.52. The van der Waals surface area contributed by atoms with Crippen molar-refractivity contribution in [1.29, 1.82) is 0 Å². The van der Waals surface area contributed by atoms with Gasteiger partial charge < -0.3 is 9.64 Å². The predicted octanol–water partition coefficient (Wildman–Crippen LogP) is 3.33. The highest BCUT2D eigenvalue weighted by Gasteiger charge is 2.47. The summed E-state index contributed by atoms with van der Waals surface area (Å²) in [6.07, 6.45) is 0.349. The number of imide groups is 1. The second kappa shape index (κ2) is 7.46. The minimum atomic E-state index is -0.415. The lowest BCUT2D eigenvalue weighted by molar-refractivity contribution is 0.0550. The molecule has 0 saturated carbocycles. The van der Waals surface area contributed by atoms with Crippen LogP contribution in [-0.2, 0) is 11.3 Å². The third-order valence-corrected chi connectivity index (χ3v) is 5.55. The maximum Gasteiger partial charge on any atom is 0.410 e. The van der Waals surface area contributed by atoms with Crippen molar-refractivity contribution in [1.82, 2.24) is 9.80 Å². The molecule has 4 rings (SSSR count). The molecule has 0 N–H and O–H groups in total. The van der Waals surface area contributed by atoms with Crippen molar-refractivity contribution >= 4 is 17.9 Å². The van der Waals surface area contributed by atoms with Gasteiger partial charge in [-0.05, 0) is 30.0 Å². The van der Waals surface area contributed by atoms with Gasteiger partial charge in [-0.25, -0.2) is 4.79 Å². The third kappa shape index (κ3) is 3.15. The van der Waals surface area contributed by atoms with Crippen molar-refractivity contribution in [3.63, 3.8) is 0 Å². The Balaban J connectivity index is 1.47. The van der Waals surface area contributed by atoms with Gasteiger partial charge in [0.25, 0.3) is 11.8 Å². The minimum Gasteiger partial charge on any atom is -0.445 e. The zero-order chi connectivity index (χ0) is 19.7. The van der Waals surface area contributed by atoms with Crippen molar-refractivity contribution in [2.75, 3.05) is 13.1 Å². The molecular weight excluding hydrogens is 356 g/mol. The highest BCUT2D eigenvalue weighted by Crippen LogP contribution is 2.32. The Kier molecular flexibility index (Phi) is 4.86. The molecule has 2 atom stereocenters. The molecule has 0 radical (unpaired) electrons. The monoisotopic (exact) mass is 378 g/mol. The van der Waals surface area contributed by atoms with E-state index in [9.17, 15) is 14.4 Å². The number of ether oxygens (including phenoxy) is 1. The smallest absolute Gasteiger partial charge is 0.410 e. The second-order valence-electron chi connectivity index (χ2n) is 7.21. The summed E-state index contributed by atoms with van der Waals surface area (Å²) in [6.45, 7) is 2.99. The Morgan fingerprint density at radius 2 is 1.57 bits per heavy atom. The van der Waals surface area contributed by atoms with Crippen LogP contribution in [0.3, 0.4) is 0 Å². The van der Waals surface area contributed by atoms with Gasteiger partial charge in [0.15, 0.2) is 0 Å². The van der Waals surface area contributed by atoms with E-state index in [0.29, 0.717) is 24.2 Å². The number of carbonyl (C=O) groups excluding carboxylic acids is 3. The van der Waals surface area contributed by atoms with Gasteiger partial charge in [0.05, 0.1) is 17.2 Å². The van der Waals surface area contributed by atoms with Gasteiger partial charge in [-0.3, -0.25) is 14.5 Å². The van der Waals surface area contributed by atoms with E-state index in [4.69, 9.17) is 4.74 Å². The van der Waals surface area contributed by atoms with Crippen LogP contribution in [0.25, 0.3) is 0 Å². The molecule has 1 fully saturated rings. The van der Waals surface area contributed by atoms with Crippen molar-refractivity contribution in [2.24, 2.45) is 5.92 Å². The van der Waals surface area contributed by atoms with Gasteiger partial charge in [0, 0.05) is 13.1 Å². The molecule has 0 bridgehead atoms. The zero-order valence-electron chi connectivity index (χ0n) is 15.7. The molecule has 0 aromatic heterocycles. The van der Waals surface area contributed by atoms with E-state index in [1.165, 1.54) is 4.90 Å². The maximum absolute atomic E-state index is 12.8. The predicted molar refractivity (Wildman–Crippen MR) is 103 cm³/mol. The number of carbonyl (C=O) groups is 3. The molecule has 28 heavy (non-hydrogen) atoms. The summed E-state index contributed by atoms with van der Waals surface area (Å²) in [5.41, 5.74) is 1.79. The number of amides is 3. The van der Waals surface area contributed by atoms with E-state index in [2.05, 4.69) is 0 Å². The second-order valence-corrected chi connectivity index (χ2v) is 7.21. The van der Waals surface area contributed by atoms with Crippen LogP contribution in [0.2, 0.25) is 0 Å². The molecule has 0 unspecified atom stereocenters. The molecular formula is C22H22N2O4. The van der Waals surface area contributed by atoms with Crippen LogP contribution < -0.4 is 0 Å². The van der Waals surface area contributed by atoms with Crippen LogP contribution in [0.15, 0.2) is 54.6 Å². The first-order valence-electron chi connectivity index (χ1n) is 9.52. The van der Waals surface area contributed by atoms with E-state index in [0.717, 1.165) is 12.0 Å². The van der Waals surface area contributed by atoms with Crippen molar-refractivity contribution < 1.29 is 19.1 Å². The van der Waals surface area contributed by atoms with E-state index >= 15 is 0 Å². The third-order valence-electron chi connectivity index (χ3n) is 5.55. The fraction of sp³-hybridized carbons (Fsp3) is 0.318. The molecule has 0 aliphatic carbocycles. The molecule has 2 aromatic carbocycles. The average molecular weight is 378 g/mol. The summed E-state index contributed by atoms with van der Waals surface area (Å²) in [6, 6.07) is 16.0. The summed E-state index contributed by atoms with van der Waals surface area (Å²) < 4.78 is 5.43. The highest BCUT2D eigenvalue weighted by molar-refractivity contribution is 6.21. The normalized spacial score (nSPS) is 21.2. The molecule has 1 saturated heterocycles. The van der Waals surface area contributed by atoms with E-state index in [1.54, 1.807) is 29.2 Å². The largest absolute Gasteiger partial charge is 0.445 e. The quantitative estimate of drug-likeness (QED) is 0.766. The summed E-state index contributed by atoms with van der Waals surface area (Å²) in [4.78, 5) is 41.1. The minimum absolute atomic E-state index is 0.0338. The van der Waals surface area contributed by atoms with Crippen molar-refractivity contribution in [2.45, 2.75) is 26.0 Å². The lowest BCUT2D eigenvalue weighted by Crippen LogP contribution is -2.45. The number of likely N-dealkylation sites (tertiary alicyclic amines) is 1. The van der Waals surface area contributed by atoms with Crippen LogP contribution in [-0.4, -0.2) is 46.8 Å². The summed E-state index contributed by atoms with van der Waals surface area (Å²) >= 11 is 0. The Morgan fingerprint density at radius 3 is 2.18 bits per heavy atom. The first-order chi connectivity index (χ1) is 13.6. The fourth-order valence-electron chi connectivity index (χ4n) is 4.02. The van der Waals surface area contributed by atoms with Crippen molar-refractivity contribution in [3.8, 4) is 0 Å². The SMILES string of the molecule is CC[C@H]1CN(C(=O)OCc2ccccc2)C[C@H]1N1C(=O)c2ccccc2C1=O. The summed E-state index contributed by atoms with van der Waals surface area (Å²) in [7, 11) is 0. The molecule has 144 valence electrons. The maximum atomic E-state index is 12.8. The van der Waals surface area contributed by atoms with Crippen LogP contribution in [0.1, 0.15) is 39.6 Å². The average Bonchev–Trinajstić information content (AvgIpc) is 3.26. The topological polar surface area (TPSA) is 66.9 Å². The van der Waals surface area contributed by atoms with Crippen molar-refractivity contribution in [3.05, 3.63) is 71.3 Å². The van der Waals surface area contributed by atoms with Crippen LogP contribution in [0.4, 0.5) is 4.79 Å². The number of rotatable bonds is 4. The van der Waals surface area contributed by atoms with E-state index in [-0.39, 0.29) is 30.4 Å². The number of hydrogen-bond acceptors (Lipinski definition) is 4. The highest BCUT2D eigenvalue weighted by atomic mass is 16.6. The van der Waals surface area contributed by atoms with Crippen LogP contribution in [0, 0.1) is 5.92 Å². The van der Waals surface area contributed by atoms with E-state index < -0.39 is 6.09 Å². The zero-order valence-corrected chi connectivity index (χ0v) is 15.7. The Hall–Kier alpha value is -3.15. The van der Waals surface area contributed by atoms with Gasteiger partial charge >= 0.3 is 6.09 Å². The molecule has 0 spiro atoms. The number of hydrogen-bond donors (Lipinski definition) is 0. The molecule has 2 heterocycles. The molecule has 6 nitrogen and oxygen atoms in total. The van der Waals surface area contributed by atoms with E-state index in [1.807, 2.05) is 37.3 Å². The number of nitrogens with zero attached hydrogens (tertiary/aromatic N) is 2.